The summed E-state index contributed by atoms with van der Waals surface area (Å²) in [7, 11) is 0. The molecule has 4 heteroatoms. The molecule has 1 saturated heterocycles. The lowest BCUT2D eigenvalue weighted by molar-refractivity contribution is -0.147. The minimum atomic E-state index is -0.717. The molecule has 1 aromatic rings. The predicted octanol–water partition coefficient (Wildman–Crippen LogP) is 3.00. The average Bonchev–Trinajstić information content (AvgIpc) is 2.30. The van der Waals surface area contributed by atoms with E-state index in [2.05, 4.69) is 15.9 Å². The summed E-state index contributed by atoms with van der Waals surface area (Å²) in [6.45, 7) is 0.525. The second-order valence-electron chi connectivity index (χ2n) is 3.97. The van der Waals surface area contributed by atoms with Crippen LogP contribution in [0.1, 0.15) is 24.5 Å². The van der Waals surface area contributed by atoms with E-state index in [9.17, 15) is 4.79 Å². The molecule has 3 nitrogen and oxygen atoms in total. The summed E-state index contributed by atoms with van der Waals surface area (Å²) >= 11 is 3.37. The summed E-state index contributed by atoms with van der Waals surface area (Å²) in [5, 5.41) is 8.98. The zero-order valence-corrected chi connectivity index (χ0v) is 10.3. The van der Waals surface area contributed by atoms with Gasteiger partial charge in [-0.3, -0.25) is 4.79 Å². The van der Waals surface area contributed by atoms with Crippen LogP contribution < -0.4 is 0 Å². The zero-order chi connectivity index (χ0) is 11.5. The molecule has 2 unspecified atom stereocenters. The molecule has 0 saturated carbocycles. The van der Waals surface area contributed by atoms with Gasteiger partial charge in [0.05, 0.1) is 12.0 Å². The van der Waals surface area contributed by atoms with Gasteiger partial charge in [-0.1, -0.05) is 28.1 Å². The molecule has 0 radical (unpaired) electrons. The van der Waals surface area contributed by atoms with Crippen LogP contribution >= 0.6 is 15.9 Å². The minimum absolute atomic E-state index is 0.0806. The molecular formula is C12H13BrO3. The number of carbonyl (C=O) groups is 1. The lowest BCUT2D eigenvalue weighted by atomic mass is 9.92. The van der Waals surface area contributed by atoms with Gasteiger partial charge in [0.2, 0.25) is 0 Å². The summed E-state index contributed by atoms with van der Waals surface area (Å²) < 4.78 is 6.62. The SMILES string of the molecule is O=C(O)C1CCOC(c2ccc(Br)cc2)C1. The molecule has 0 aromatic heterocycles. The summed E-state index contributed by atoms with van der Waals surface area (Å²) in [5.74, 6) is -0.993. The highest BCUT2D eigenvalue weighted by molar-refractivity contribution is 9.10. The highest BCUT2D eigenvalue weighted by Crippen LogP contribution is 2.32. The molecule has 1 fully saturated rings. The predicted molar refractivity (Wildman–Crippen MR) is 63.2 cm³/mol. The van der Waals surface area contributed by atoms with Crippen molar-refractivity contribution in [1.82, 2.24) is 0 Å². The van der Waals surface area contributed by atoms with Gasteiger partial charge in [-0.25, -0.2) is 0 Å². The van der Waals surface area contributed by atoms with E-state index < -0.39 is 5.97 Å². The van der Waals surface area contributed by atoms with Crippen molar-refractivity contribution < 1.29 is 14.6 Å². The Morgan fingerprint density at radius 1 is 1.38 bits per heavy atom. The van der Waals surface area contributed by atoms with Crippen molar-refractivity contribution in [2.75, 3.05) is 6.61 Å². The Bertz CT molecular complexity index is 374. The van der Waals surface area contributed by atoms with E-state index in [4.69, 9.17) is 9.84 Å². The van der Waals surface area contributed by atoms with Crippen LogP contribution in [-0.2, 0) is 9.53 Å². The maximum atomic E-state index is 10.9. The maximum Gasteiger partial charge on any atom is 0.306 e. The highest BCUT2D eigenvalue weighted by atomic mass is 79.9. The number of ether oxygens (including phenoxy) is 1. The number of carboxylic acids is 1. The minimum Gasteiger partial charge on any atom is -0.481 e. The van der Waals surface area contributed by atoms with E-state index in [0.717, 1.165) is 10.0 Å². The van der Waals surface area contributed by atoms with E-state index >= 15 is 0 Å². The first kappa shape index (κ1) is 11.6. The lowest BCUT2D eigenvalue weighted by Gasteiger charge is -2.27. The van der Waals surface area contributed by atoms with Crippen LogP contribution in [0.25, 0.3) is 0 Å². The Labute approximate surface area is 103 Å². The number of hydrogen-bond acceptors (Lipinski definition) is 2. The quantitative estimate of drug-likeness (QED) is 0.908. The maximum absolute atomic E-state index is 10.9. The summed E-state index contributed by atoms with van der Waals surface area (Å²) in [4.78, 5) is 10.9. The Kier molecular flexibility index (Phi) is 3.61. The van der Waals surface area contributed by atoms with E-state index in [1.807, 2.05) is 24.3 Å². The van der Waals surface area contributed by atoms with Gasteiger partial charge in [-0.2, -0.15) is 0 Å². The fraction of sp³-hybridized carbons (Fsp3) is 0.417. The van der Waals surface area contributed by atoms with Crippen molar-refractivity contribution in [3.8, 4) is 0 Å². The van der Waals surface area contributed by atoms with Crippen LogP contribution in [0.3, 0.4) is 0 Å². The standard InChI is InChI=1S/C12H13BrO3/c13-10-3-1-8(2-4-10)11-7-9(12(14)15)5-6-16-11/h1-4,9,11H,5-7H2,(H,14,15). The van der Waals surface area contributed by atoms with Crippen molar-refractivity contribution >= 4 is 21.9 Å². The molecule has 2 rings (SSSR count). The van der Waals surface area contributed by atoms with Crippen molar-refractivity contribution in [1.29, 1.82) is 0 Å². The third-order valence-electron chi connectivity index (χ3n) is 2.87. The van der Waals surface area contributed by atoms with Crippen LogP contribution in [0.2, 0.25) is 0 Å². The van der Waals surface area contributed by atoms with Gasteiger partial charge >= 0.3 is 5.97 Å². The van der Waals surface area contributed by atoms with Gasteiger partial charge < -0.3 is 9.84 Å². The fourth-order valence-corrected chi connectivity index (χ4v) is 2.20. The van der Waals surface area contributed by atoms with Crippen molar-refractivity contribution in [3.05, 3.63) is 34.3 Å². The van der Waals surface area contributed by atoms with Crippen LogP contribution in [0.5, 0.6) is 0 Å². The molecular weight excluding hydrogens is 272 g/mol. The summed E-state index contributed by atoms with van der Waals surface area (Å²) in [6.07, 6.45) is 1.10. The summed E-state index contributed by atoms with van der Waals surface area (Å²) in [6, 6.07) is 7.84. The van der Waals surface area contributed by atoms with Crippen molar-refractivity contribution in [2.45, 2.75) is 18.9 Å². The van der Waals surface area contributed by atoms with Crippen LogP contribution in [-0.4, -0.2) is 17.7 Å². The second kappa shape index (κ2) is 4.97. The topological polar surface area (TPSA) is 46.5 Å². The van der Waals surface area contributed by atoms with Gasteiger partial charge in [0.15, 0.2) is 0 Å². The van der Waals surface area contributed by atoms with Gasteiger partial charge in [-0.05, 0) is 30.5 Å². The van der Waals surface area contributed by atoms with Crippen LogP contribution in [0.4, 0.5) is 0 Å². The van der Waals surface area contributed by atoms with Crippen molar-refractivity contribution in [2.24, 2.45) is 5.92 Å². The molecule has 16 heavy (non-hydrogen) atoms. The Morgan fingerprint density at radius 3 is 2.69 bits per heavy atom. The Balaban J connectivity index is 2.09. The van der Waals surface area contributed by atoms with Crippen molar-refractivity contribution in [3.63, 3.8) is 0 Å². The molecule has 1 N–H and O–H groups in total. The second-order valence-corrected chi connectivity index (χ2v) is 4.89. The molecule has 2 atom stereocenters. The fourth-order valence-electron chi connectivity index (χ4n) is 1.93. The number of aliphatic carboxylic acids is 1. The first-order chi connectivity index (χ1) is 7.66. The Hall–Kier alpha value is -0.870. The first-order valence-electron chi connectivity index (χ1n) is 5.26. The monoisotopic (exact) mass is 284 g/mol. The van der Waals surface area contributed by atoms with E-state index in [0.29, 0.717) is 19.4 Å². The number of hydrogen-bond donors (Lipinski definition) is 1. The molecule has 0 aliphatic carbocycles. The van der Waals surface area contributed by atoms with E-state index in [1.54, 1.807) is 0 Å². The molecule has 0 bridgehead atoms. The molecule has 1 heterocycles. The zero-order valence-electron chi connectivity index (χ0n) is 8.73. The molecule has 1 aliphatic heterocycles. The van der Waals surface area contributed by atoms with E-state index in [1.165, 1.54) is 0 Å². The van der Waals surface area contributed by atoms with E-state index in [-0.39, 0.29) is 12.0 Å². The van der Waals surface area contributed by atoms with Gasteiger partial charge in [0.1, 0.15) is 0 Å². The lowest BCUT2D eigenvalue weighted by Crippen LogP contribution is -2.25. The van der Waals surface area contributed by atoms with Crippen LogP contribution in [0, 0.1) is 5.92 Å². The smallest absolute Gasteiger partial charge is 0.306 e. The largest absolute Gasteiger partial charge is 0.481 e. The van der Waals surface area contributed by atoms with Crippen LogP contribution in [0.15, 0.2) is 28.7 Å². The molecule has 1 aliphatic rings. The molecule has 0 spiro atoms. The number of carboxylic acid groups (broad SMARTS) is 1. The first-order valence-corrected chi connectivity index (χ1v) is 6.06. The molecule has 1 aromatic carbocycles. The molecule has 0 amide bonds. The van der Waals surface area contributed by atoms with Gasteiger partial charge in [0, 0.05) is 11.1 Å². The van der Waals surface area contributed by atoms with Gasteiger partial charge in [-0.15, -0.1) is 0 Å². The Morgan fingerprint density at radius 2 is 2.06 bits per heavy atom. The molecule has 86 valence electrons. The number of benzene rings is 1. The number of rotatable bonds is 2. The highest BCUT2D eigenvalue weighted by Gasteiger charge is 2.28. The normalized spacial score (nSPS) is 25.3. The third kappa shape index (κ3) is 2.62. The third-order valence-corrected chi connectivity index (χ3v) is 3.40. The number of halogens is 1. The summed E-state index contributed by atoms with van der Waals surface area (Å²) in [5.41, 5.74) is 1.05. The van der Waals surface area contributed by atoms with Gasteiger partial charge in [0.25, 0.3) is 0 Å². The average molecular weight is 285 g/mol.